The van der Waals surface area contributed by atoms with E-state index in [2.05, 4.69) is 43.3 Å². The van der Waals surface area contributed by atoms with Crippen LogP contribution in [0, 0.1) is 0 Å². The summed E-state index contributed by atoms with van der Waals surface area (Å²) < 4.78 is 0. The minimum Gasteiger partial charge on any atom is -0.306 e. The molecule has 0 aromatic carbocycles. The summed E-state index contributed by atoms with van der Waals surface area (Å²) in [5.74, 6) is 1.06. The van der Waals surface area contributed by atoms with Crippen molar-refractivity contribution in [2.24, 2.45) is 0 Å². The first kappa shape index (κ1) is 29.3. The van der Waals surface area contributed by atoms with Gasteiger partial charge in [0.15, 0.2) is 0 Å². The molecule has 0 aliphatic carbocycles. The maximum Gasteiger partial charge on any atom is -0.00187 e. The van der Waals surface area contributed by atoms with Gasteiger partial charge in [0.2, 0.25) is 0 Å². The van der Waals surface area contributed by atoms with Crippen molar-refractivity contribution in [1.82, 2.24) is 9.80 Å². The van der Waals surface area contributed by atoms with Crippen LogP contribution in [-0.4, -0.2) is 55.3 Å². The molecular weight excluding hydrogens is 372 g/mol. The van der Waals surface area contributed by atoms with E-state index in [9.17, 15) is 0 Å². The summed E-state index contributed by atoms with van der Waals surface area (Å²) >= 11 is 4.30. The van der Waals surface area contributed by atoms with Gasteiger partial charge >= 0.3 is 0 Å². The van der Waals surface area contributed by atoms with Gasteiger partial charge in [-0.3, -0.25) is 0 Å². The van der Waals surface area contributed by atoms with Gasteiger partial charge in [-0.05, 0) is 84.0 Å². The molecule has 29 heavy (non-hydrogen) atoms. The first-order chi connectivity index (χ1) is 14.2. The van der Waals surface area contributed by atoms with Crippen LogP contribution in [-0.2, 0) is 0 Å². The molecule has 0 saturated heterocycles. The summed E-state index contributed by atoms with van der Waals surface area (Å²) in [4.78, 5) is 5.28. The fraction of sp³-hybridized carbons (Fsp3) is 1.00. The summed E-state index contributed by atoms with van der Waals surface area (Å²) in [6, 6.07) is 0. The number of nitrogens with zero attached hydrogens (tertiary/aromatic N) is 2. The van der Waals surface area contributed by atoms with Crippen molar-refractivity contribution in [2.45, 2.75) is 123 Å². The number of thiol groups is 1. The van der Waals surface area contributed by atoms with Gasteiger partial charge in [0.25, 0.3) is 0 Å². The maximum atomic E-state index is 4.30. The molecule has 3 heteroatoms. The number of hydrogen-bond donors (Lipinski definition) is 1. The third-order valence-corrected chi connectivity index (χ3v) is 6.40. The van der Waals surface area contributed by atoms with E-state index >= 15 is 0 Å². The molecule has 0 amide bonds. The van der Waals surface area contributed by atoms with Crippen molar-refractivity contribution in [3.05, 3.63) is 0 Å². The zero-order valence-corrected chi connectivity index (χ0v) is 21.5. The summed E-state index contributed by atoms with van der Waals surface area (Å²) in [6.07, 6.45) is 23.6. The molecule has 0 aliphatic heterocycles. The van der Waals surface area contributed by atoms with Crippen molar-refractivity contribution in [3.8, 4) is 0 Å². The smallest absolute Gasteiger partial charge is 0.00187 e. The average molecular weight is 429 g/mol. The van der Waals surface area contributed by atoms with Crippen LogP contribution < -0.4 is 0 Å². The Balaban J connectivity index is 3.51. The quantitative estimate of drug-likeness (QED) is 0.124. The van der Waals surface area contributed by atoms with E-state index in [1.807, 2.05) is 0 Å². The lowest BCUT2D eigenvalue weighted by atomic mass is 10.1. The minimum atomic E-state index is 1.06. The third-order valence-electron chi connectivity index (χ3n) is 6.08. The molecule has 0 aromatic heterocycles. The Hall–Kier alpha value is 0.270. The van der Waals surface area contributed by atoms with E-state index < -0.39 is 0 Å². The van der Waals surface area contributed by atoms with Crippen LogP contribution in [0.2, 0.25) is 0 Å². The molecule has 0 bridgehead atoms. The van der Waals surface area contributed by atoms with E-state index in [1.54, 1.807) is 0 Å². The summed E-state index contributed by atoms with van der Waals surface area (Å²) in [5.41, 5.74) is 0. The number of hydrogen-bond acceptors (Lipinski definition) is 3. The largest absolute Gasteiger partial charge is 0.306 e. The Morgan fingerprint density at radius 1 is 0.448 bits per heavy atom. The van der Waals surface area contributed by atoms with Gasteiger partial charge in [-0.1, -0.05) is 84.5 Å². The van der Waals surface area contributed by atoms with Gasteiger partial charge in [-0.25, -0.2) is 0 Å². The van der Waals surface area contributed by atoms with Crippen LogP contribution in [0.1, 0.15) is 123 Å². The van der Waals surface area contributed by atoms with Crippen LogP contribution in [0.25, 0.3) is 0 Å². The lowest BCUT2D eigenvalue weighted by Crippen LogP contribution is -2.27. The fourth-order valence-electron chi connectivity index (χ4n) is 4.15. The topological polar surface area (TPSA) is 6.48 Å². The van der Waals surface area contributed by atoms with E-state index in [0.29, 0.717) is 0 Å². The lowest BCUT2D eigenvalue weighted by Gasteiger charge is -2.22. The zero-order valence-electron chi connectivity index (χ0n) is 20.6. The van der Waals surface area contributed by atoms with Crippen LogP contribution in [0.4, 0.5) is 0 Å². The van der Waals surface area contributed by atoms with Crippen molar-refractivity contribution in [3.63, 3.8) is 0 Å². The van der Waals surface area contributed by atoms with Gasteiger partial charge in [-0.15, -0.1) is 0 Å². The predicted octanol–water partition coefficient (Wildman–Crippen LogP) is 7.82. The van der Waals surface area contributed by atoms with Gasteiger partial charge in [0.1, 0.15) is 0 Å². The van der Waals surface area contributed by atoms with Crippen LogP contribution in [0.3, 0.4) is 0 Å². The molecule has 0 fully saturated rings. The second-order valence-corrected chi connectivity index (χ2v) is 9.62. The molecule has 2 nitrogen and oxygen atoms in total. The van der Waals surface area contributed by atoms with E-state index in [0.717, 1.165) is 5.75 Å². The highest BCUT2D eigenvalue weighted by Crippen LogP contribution is 2.09. The van der Waals surface area contributed by atoms with E-state index in [-0.39, 0.29) is 0 Å². The average Bonchev–Trinajstić information content (AvgIpc) is 2.72. The molecule has 0 saturated carbocycles. The Kier molecular flexibility index (Phi) is 24.8. The second-order valence-electron chi connectivity index (χ2n) is 9.17. The Labute approximate surface area is 191 Å². The van der Waals surface area contributed by atoms with Crippen molar-refractivity contribution < 1.29 is 0 Å². The minimum absolute atomic E-state index is 1.06. The first-order valence-corrected chi connectivity index (χ1v) is 13.9. The molecule has 0 aliphatic rings. The van der Waals surface area contributed by atoms with Crippen LogP contribution in [0.5, 0.6) is 0 Å². The van der Waals surface area contributed by atoms with Crippen molar-refractivity contribution in [2.75, 3.05) is 45.5 Å². The number of unbranched alkanes of at least 4 members (excludes halogenated alkanes) is 13. The van der Waals surface area contributed by atoms with Crippen molar-refractivity contribution >= 4 is 12.6 Å². The standard InChI is InChI=1S/C26H56N2S/c1-4-6-7-8-11-16-22-27(3)23-17-13-14-19-25-28(21-5-2)24-18-12-9-10-15-20-26-29/h29H,4-26H2,1-3H3. The monoisotopic (exact) mass is 428 g/mol. The molecule has 0 heterocycles. The lowest BCUT2D eigenvalue weighted by molar-refractivity contribution is 0.259. The Bertz CT molecular complexity index is 298. The highest BCUT2D eigenvalue weighted by Gasteiger charge is 2.04. The molecule has 0 aromatic rings. The predicted molar refractivity (Wildman–Crippen MR) is 138 cm³/mol. The molecule has 0 unspecified atom stereocenters. The normalized spacial score (nSPS) is 11.8. The zero-order chi connectivity index (χ0) is 21.4. The molecule has 0 atom stereocenters. The third kappa shape index (κ3) is 22.8. The molecule has 0 N–H and O–H groups in total. The molecular formula is C26H56N2S. The molecule has 0 radical (unpaired) electrons. The van der Waals surface area contributed by atoms with Crippen LogP contribution >= 0.6 is 12.6 Å². The highest BCUT2D eigenvalue weighted by molar-refractivity contribution is 7.80. The van der Waals surface area contributed by atoms with E-state index in [1.165, 1.54) is 142 Å². The van der Waals surface area contributed by atoms with Gasteiger partial charge in [0, 0.05) is 0 Å². The van der Waals surface area contributed by atoms with Crippen LogP contribution in [0.15, 0.2) is 0 Å². The molecule has 0 rings (SSSR count). The molecule has 0 spiro atoms. The van der Waals surface area contributed by atoms with Gasteiger partial charge < -0.3 is 9.80 Å². The van der Waals surface area contributed by atoms with Gasteiger partial charge in [0.05, 0.1) is 0 Å². The fourth-order valence-corrected chi connectivity index (χ4v) is 4.37. The van der Waals surface area contributed by atoms with E-state index in [4.69, 9.17) is 0 Å². The SMILES string of the molecule is CCCCCCCCN(C)CCCCCCN(CCC)CCCCCCCCS. The Morgan fingerprint density at radius 3 is 1.31 bits per heavy atom. The highest BCUT2D eigenvalue weighted by atomic mass is 32.1. The first-order valence-electron chi connectivity index (χ1n) is 13.3. The Morgan fingerprint density at radius 2 is 0.862 bits per heavy atom. The molecule has 176 valence electrons. The van der Waals surface area contributed by atoms with Crippen molar-refractivity contribution in [1.29, 1.82) is 0 Å². The van der Waals surface area contributed by atoms with Gasteiger partial charge in [-0.2, -0.15) is 12.6 Å². The summed E-state index contributed by atoms with van der Waals surface area (Å²) in [6.45, 7) is 11.1. The summed E-state index contributed by atoms with van der Waals surface area (Å²) in [5, 5.41) is 0. The maximum absolute atomic E-state index is 4.30. The number of rotatable bonds is 24. The second kappa shape index (κ2) is 24.5. The summed E-state index contributed by atoms with van der Waals surface area (Å²) in [7, 11) is 2.31.